The standard InChI is InChI=1S/C3H9O2Si/c1-3-5-6(2)4/h6H,3H2,1-2H3. The highest BCUT2D eigenvalue weighted by atomic mass is 28.3. The van der Waals surface area contributed by atoms with E-state index < -0.39 is 9.28 Å². The van der Waals surface area contributed by atoms with Gasteiger partial charge < -0.3 is 4.43 Å². The highest BCUT2D eigenvalue weighted by Gasteiger charge is 1.94. The molecule has 1 unspecified atom stereocenters. The lowest BCUT2D eigenvalue weighted by Crippen LogP contribution is -2.08. The molecule has 6 heavy (non-hydrogen) atoms. The second-order valence-electron chi connectivity index (χ2n) is 1.02. The third kappa shape index (κ3) is 4.14. The Morgan fingerprint density at radius 3 is 2.33 bits per heavy atom. The van der Waals surface area contributed by atoms with E-state index in [-0.39, 0.29) is 0 Å². The molecular weight excluding hydrogens is 96.1 g/mol. The van der Waals surface area contributed by atoms with Crippen molar-refractivity contribution in [3.05, 3.63) is 0 Å². The molecule has 3 heteroatoms. The third-order valence-corrected chi connectivity index (χ3v) is 1.20. The number of hydrogen-bond acceptors (Lipinski definition) is 1. The zero-order valence-corrected chi connectivity index (χ0v) is 5.26. The zero-order valence-electron chi connectivity index (χ0n) is 4.10. The molecule has 37 valence electrons. The second kappa shape index (κ2) is 3.33. The minimum atomic E-state index is -1.92. The van der Waals surface area contributed by atoms with Gasteiger partial charge in [-0.15, -0.1) is 0 Å². The highest BCUT2D eigenvalue weighted by Crippen LogP contribution is 1.75. The topological polar surface area (TPSA) is 29.1 Å². The van der Waals surface area contributed by atoms with Crippen molar-refractivity contribution in [2.75, 3.05) is 6.61 Å². The third-order valence-electron chi connectivity index (χ3n) is 0.401. The summed E-state index contributed by atoms with van der Waals surface area (Å²) in [6.45, 7) is 4.03. The van der Waals surface area contributed by atoms with Crippen LogP contribution in [-0.2, 0) is 9.22 Å². The van der Waals surface area contributed by atoms with Gasteiger partial charge in [-0.3, -0.25) is 4.80 Å². The summed E-state index contributed by atoms with van der Waals surface area (Å²) in [5.74, 6) is 0. The van der Waals surface area contributed by atoms with Crippen LogP contribution in [0.4, 0.5) is 0 Å². The van der Waals surface area contributed by atoms with Crippen LogP contribution in [0.2, 0.25) is 6.55 Å². The molecule has 0 rings (SSSR count). The Hall–Kier alpha value is 0.137. The van der Waals surface area contributed by atoms with Gasteiger partial charge in [-0.25, -0.2) is 0 Å². The van der Waals surface area contributed by atoms with Gasteiger partial charge in [-0.2, -0.15) is 0 Å². The van der Waals surface area contributed by atoms with E-state index in [4.69, 9.17) is 0 Å². The molecule has 0 saturated heterocycles. The molecule has 0 bridgehead atoms. The predicted octanol–water partition coefficient (Wildman–Crippen LogP) is 0.304. The summed E-state index contributed by atoms with van der Waals surface area (Å²) in [7, 11) is -1.92. The smallest absolute Gasteiger partial charge is 0.355 e. The number of hydrogen-bond donors (Lipinski definition) is 0. The fraction of sp³-hybridized carbons (Fsp3) is 1.00. The normalized spacial score (nSPS) is 14.5. The van der Waals surface area contributed by atoms with E-state index in [0.29, 0.717) is 6.61 Å². The van der Waals surface area contributed by atoms with E-state index in [2.05, 4.69) is 4.43 Å². The van der Waals surface area contributed by atoms with Crippen molar-refractivity contribution >= 4 is 9.28 Å². The van der Waals surface area contributed by atoms with Crippen LogP contribution in [0.25, 0.3) is 0 Å². The molecule has 0 aliphatic rings. The average Bonchev–Trinajstić information content (AvgIpc) is 1.35. The molecule has 2 nitrogen and oxygen atoms in total. The van der Waals surface area contributed by atoms with Gasteiger partial charge in [0.2, 0.25) is 0 Å². The average molecular weight is 105 g/mol. The largest absolute Gasteiger partial charge is 0.395 e. The summed E-state index contributed by atoms with van der Waals surface area (Å²) in [4.78, 5) is 10.0. The summed E-state index contributed by atoms with van der Waals surface area (Å²) in [5, 5.41) is 0. The lowest BCUT2D eigenvalue weighted by Gasteiger charge is -1.94. The maximum atomic E-state index is 10.0. The van der Waals surface area contributed by atoms with Gasteiger partial charge in [0.05, 0.1) is 0 Å². The Morgan fingerprint density at radius 2 is 2.33 bits per heavy atom. The van der Waals surface area contributed by atoms with E-state index in [0.717, 1.165) is 0 Å². The van der Waals surface area contributed by atoms with Crippen LogP contribution in [0.15, 0.2) is 0 Å². The lowest BCUT2D eigenvalue weighted by molar-refractivity contribution is 0.248. The Kier molecular flexibility index (Phi) is 3.41. The monoisotopic (exact) mass is 105 g/mol. The van der Waals surface area contributed by atoms with Crippen molar-refractivity contribution in [2.24, 2.45) is 0 Å². The van der Waals surface area contributed by atoms with Gasteiger partial charge in [0, 0.05) is 6.61 Å². The number of rotatable bonds is 2. The van der Waals surface area contributed by atoms with Crippen molar-refractivity contribution in [1.82, 2.24) is 0 Å². The summed E-state index contributed by atoms with van der Waals surface area (Å²) in [5.41, 5.74) is 0. The lowest BCUT2D eigenvalue weighted by atomic mass is 10.9. The first kappa shape index (κ1) is 6.14. The predicted molar refractivity (Wildman–Crippen MR) is 25.3 cm³/mol. The van der Waals surface area contributed by atoms with Gasteiger partial charge in [0.15, 0.2) is 0 Å². The molecule has 0 heterocycles. The fourth-order valence-electron chi connectivity index (χ4n) is 0.235. The van der Waals surface area contributed by atoms with Gasteiger partial charge in [0.1, 0.15) is 0 Å². The molecule has 0 aromatic rings. The van der Waals surface area contributed by atoms with Gasteiger partial charge >= 0.3 is 9.28 Å². The van der Waals surface area contributed by atoms with Crippen molar-refractivity contribution in [1.29, 1.82) is 0 Å². The molecule has 0 aromatic heterocycles. The van der Waals surface area contributed by atoms with Crippen LogP contribution in [-0.4, -0.2) is 15.9 Å². The Morgan fingerprint density at radius 1 is 1.83 bits per heavy atom. The van der Waals surface area contributed by atoms with Crippen molar-refractivity contribution in [2.45, 2.75) is 13.5 Å². The second-order valence-corrected chi connectivity index (χ2v) is 2.49. The molecule has 0 fully saturated rings. The molecule has 0 spiro atoms. The van der Waals surface area contributed by atoms with E-state index >= 15 is 0 Å². The van der Waals surface area contributed by atoms with E-state index in [9.17, 15) is 4.80 Å². The molecule has 0 N–H and O–H groups in total. The highest BCUT2D eigenvalue weighted by molar-refractivity contribution is 6.40. The Bertz CT molecular complexity index is 30.0. The van der Waals surface area contributed by atoms with Gasteiger partial charge in [0.25, 0.3) is 0 Å². The zero-order chi connectivity index (χ0) is 4.99. The molecular formula is C3H9O2Si. The van der Waals surface area contributed by atoms with Crippen LogP contribution in [0.5, 0.6) is 0 Å². The molecule has 0 aliphatic heterocycles. The van der Waals surface area contributed by atoms with Crippen molar-refractivity contribution in [3.63, 3.8) is 0 Å². The van der Waals surface area contributed by atoms with Crippen LogP contribution < -0.4 is 0 Å². The first-order valence-corrected chi connectivity index (χ1v) is 4.14. The van der Waals surface area contributed by atoms with Crippen molar-refractivity contribution < 1.29 is 9.22 Å². The quantitative estimate of drug-likeness (QED) is 0.464. The maximum Gasteiger partial charge on any atom is 0.355 e. The molecule has 0 aliphatic carbocycles. The van der Waals surface area contributed by atoms with E-state index in [1.165, 1.54) is 0 Å². The van der Waals surface area contributed by atoms with Crippen LogP contribution in [0.3, 0.4) is 0 Å². The van der Waals surface area contributed by atoms with Crippen molar-refractivity contribution in [3.8, 4) is 0 Å². The van der Waals surface area contributed by atoms with Crippen LogP contribution in [0, 0.1) is 0 Å². The molecule has 0 amide bonds. The van der Waals surface area contributed by atoms with Gasteiger partial charge in [-0.05, 0) is 13.5 Å². The minimum Gasteiger partial charge on any atom is -0.395 e. The van der Waals surface area contributed by atoms with Crippen LogP contribution >= 0.6 is 0 Å². The molecule has 1 atom stereocenters. The van der Waals surface area contributed by atoms with Gasteiger partial charge in [-0.1, -0.05) is 0 Å². The summed E-state index contributed by atoms with van der Waals surface area (Å²) >= 11 is 0. The van der Waals surface area contributed by atoms with E-state index in [1.54, 1.807) is 6.55 Å². The summed E-state index contributed by atoms with van der Waals surface area (Å²) in [6, 6.07) is 0. The first-order valence-electron chi connectivity index (χ1n) is 2.04. The SMILES string of the molecule is CCO[SiH](C)[O]. The van der Waals surface area contributed by atoms with E-state index in [1.807, 2.05) is 6.92 Å². The molecule has 0 aromatic carbocycles. The maximum absolute atomic E-state index is 10.0. The molecule has 0 saturated carbocycles. The first-order chi connectivity index (χ1) is 2.77. The Balaban J connectivity index is 2.63. The Labute approximate surface area is 39.6 Å². The van der Waals surface area contributed by atoms with Crippen LogP contribution in [0.1, 0.15) is 6.92 Å². The molecule has 1 radical (unpaired) electrons. The summed E-state index contributed by atoms with van der Waals surface area (Å²) < 4.78 is 4.62. The fourth-order valence-corrected chi connectivity index (χ4v) is 0.704. The minimum absolute atomic E-state index is 0.580. The summed E-state index contributed by atoms with van der Waals surface area (Å²) in [6.07, 6.45) is 0.